The van der Waals surface area contributed by atoms with E-state index in [0.717, 1.165) is 12.4 Å². The monoisotopic (exact) mass is 245 g/mol. The Bertz CT molecular complexity index is 569. The summed E-state index contributed by atoms with van der Waals surface area (Å²) in [5.41, 5.74) is -0.322. The molecule has 1 N–H and O–H groups in total. The van der Waals surface area contributed by atoms with Crippen molar-refractivity contribution in [2.24, 2.45) is 0 Å². The first-order valence-electron chi connectivity index (χ1n) is 4.84. The van der Waals surface area contributed by atoms with Crippen LogP contribution in [0.15, 0.2) is 36.9 Å². The minimum Gasteiger partial charge on any atom is -0.476 e. The SMILES string of the molecule is O=C(O)c1cnc(C(=O)Oc2cccnc2)cn1. The van der Waals surface area contributed by atoms with Gasteiger partial charge in [-0.05, 0) is 12.1 Å². The van der Waals surface area contributed by atoms with E-state index >= 15 is 0 Å². The van der Waals surface area contributed by atoms with Crippen LogP contribution in [0.2, 0.25) is 0 Å². The van der Waals surface area contributed by atoms with Crippen LogP contribution in [-0.4, -0.2) is 32.0 Å². The number of pyridine rings is 1. The van der Waals surface area contributed by atoms with Crippen LogP contribution in [-0.2, 0) is 0 Å². The number of carbonyl (C=O) groups is 2. The summed E-state index contributed by atoms with van der Waals surface area (Å²) < 4.78 is 4.95. The van der Waals surface area contributed by atoms with Gasteiger partial charge in [-0.25, -0.2) is 19.6 Å². The number of esters is 1. The molecule has 0 radical (unpaired) electrons. The van der Waals surface area contributed by atoms with Crippen LogP contribution in [0.1, 0.15) is 21.0 Å². The van der Waals surface area contributed by atoms with Crippen molar-refractivity contribution in [3.8, 4) is 5.75 Å². The van der Waals surface area contributed by atoms with Gasteiger partial charge in [-0.3, -0.25) is 4.98 Å². The Labute approximate surface area is 101 Å². The Hall–Kier alpha value is -2.83. The van der Waals surface area contributed by atoms with Crippen molar-refractivity contribution in [2.45, 2.75) is 0 Å². The Kier molecular flexibility index (Phi) is 3.24. The standard InChI is InChI=1S/C11H7N3O4/c15-10(16)8-5-14-9(6-13-8)11(17)18-7-2-1-3-12-4-7/h1-6H,(H,15,16). The third kappa shape index (κ3) is 2.64. The van der Waals surface area contributed by atoms with Crippen molar-refractivity contribution < 1.29 is 19.4 Å². The Morgan fingerprint density at radius 1 is 1.11 bits per heavy atom. The highest BCUT2D eigenvalue weighted by atomic mass is 16.5. The van der Waals surface area contributed by atoms with E-state index in [1.807, 2.05) is 0 Å². The molecule has 2 aromatic heterocycles. The zero-order chi connectivity index (χ0) is 13.0. The van der Waals surface area contributed by atoms with E-state index in [0.29, 0.717) is 0 Å². The van der Waals surface area contributed by atoms with E-state index in [4.69, 9.17) is 9.84 Å². The van der Waals surface area contributed by atoms with Gasteiger partial charge in [0.25, 0.3) is 0 Å². The maximum atomic E-state index is 11.6. The van der Waals surface area contributed by atoms with E-state index < -0.39 is 11.9 Å². The molecule has 0 saturated carbocycles. The van der Waals surface area contributed by atoms with Gasteiger partial charge in [0.15, 0.2) is 11.4 Å². The Balaban J connectivity index is 2.12. The van der Waals surface area contributed by atoms with Crippen molar-refractivity contribution in [3.63, 3.8) is 0 Å². The van der Waals surface area contributed by atoms with Gasteiger partial charge in [0, 0.05) is 6.20 Å². The molecule has 2 aromatic rings. The molecule has 90 valence electrons. The molecule has 0 spiro atoms. The normalized spacial score (nSPS) is 9.78. The highest BCUT2D eigenvalue weighted by molar-refractivity contribution is 5.89. The number of nitrogens with zero attached hydrogens (tertiary/aromatic N) is 3. The van der Waals surface area contributed by atoms with Crippen LogP contribution >= 0.6 is 0 Å². The summed E-state index contributed by atoms with van der Waals surface area (Å²) in [6, 6.07) is 3.17. The summed E-state index contributed by atoms with van der Waals surface area (Å²) in [5.74, 6) is -1.67. The van der Waals surface area contributed by atoms with E-state index in [9.17, 15) is 9.59 Å². The summed E-state index contributed by atoms with van der Waals surface area (Å²) in [6.07, 6.45) is 4.94. The summed E-state index contributed by atoms with van der Waals surface area (Å²) in [4.78, 5) is 33.1. The van der Waals surface area contributed by atoms with E-state index in [1.165, 1.54) is 6.20 Å². The van der Waals surface area contributed by atoms with Crippen molar-refractivity contribution >= 4 is 11.9 Å². The largest absolute Gasteiger partial charge is 0.476 e. The van der Waals surface area contributed by atoms with Crippen LogP contribution in [0.3, 0.4) is 0 Å². The van der Waals surface area contributed by atoms with Crippen LogP contribution in [0.4, 0.5) is 0 Å². The molecule has 0 atom stereocenters. The molecule has 0 aliphatic rings. The average molecular weight is 245 g/mol. The summed E-state index contributed by atoms with van der Waals surface area (Å²) in [6.45, 7) is 0. The summed E-state index contributed by atoms with van der Waals surface area (Å²) in [7, 11) is 0. The molecule has 0 fully saturated rings. The number of aromatic carboxylic acids is 1. The smallest absolute Gasteiger partial charge is 0.363 e. The van der Waals surface area contributed by atoms with Crippen LogP contribution in [0, 0.1) is 0 Å². The van der Waals surface area contributed by atoms with Crippen molar-refractivity contribution in [3.05, 3.63) is 48.3 Å². The molecule has 0 aliphatic carbocycles. The molecule has 0 unspecified atom stereocenters. The molecular formula is C11H7N3O4. The number of aromatic nitrogens is 3. The maximum absolute atomic E-state index is 11.6. The molecule has 18 heavy (non-hydrogen) atoms. The molecular weight excluding hydrogens is 238 g/mol. The first kappa shape index (κ1) is 11.6. The van der Waals surface area contributed by atoms with Crippen molar-refractivity contribution in [2.75, 3.05) is 0 Å². The number of carbonyl (C=O) groups excluding carboxylic acids is 1. The second kappa shape index (κ2) is 5.00. The minimum atomic E-state index is -1.21. The maximum Gasteiger partial charge on any atom is 0.363 e. The van der Waals surface area contributed by atoms with Crippen LogP contribution in [0.5, 0.6) is 5.75 Å². The summed E-state index contributed by atoms with van der Waals surface area (Å²) >= 11 is 0. The lowest BCUT2D eigenvalue weighted by Crippen LogP contribution is -2.12. The highest BCUT2D eigenvalue weighted by Crippen LogP contribution is 2.08. The van der Waals surface area contributed by atoms with Crippen LogP contribution in [0.25, 0.3) is 0 Å². The third-order valence-electron chi connectivity index (χ3n) is 1.93. The molecule has 0 bridgehead atoms. The van der Waals surface area contributed by atoms with E-state index in [1.54, 1.807) is 18.3 Å². The van der Waals surface area contributed by atoms with Gasteiger partial charge in [-0.2, -0.15) is 0 Å². The van der Waals surface area contributed by atoms with Gasteiger partial charge in [0.2, 0.25) is 0 Å². The topological polar surface area (TPSA) is 102 Å². The lowest BCUT2D eigenvalue weighted by atomic mass is 10.4. The molecule has 2 rings (SSSR count). The molecule has 0 saturated heterocycles. The Morgan fingerprint density at radius 2 is 1.83 bits per heavy atom. The molecule has 2 heterocycles. The first-order chi connectivity index (χ1) is 8.66. The van der Waals surface area contributed by atoms with Gasteiger partial charge in [-0.1, -0.05) is 0 Å². The van der Waals surface area contributed by atoms with Crippen molar-refractivity contribution in [1.82, 2.24) is 15.0 Å². The molecule has 7 nitrogen and oxygen atoms in total. The molecule has 7 heteroatoms. The zero-order valence-electron chi connectivity index (χ0n) is 8.98. The average Bonchev–Trinajstić information content (AvgIpc) is 2.40. The lowest BCUT2D eigenvalue weighted by Gasteiger charge is -2.02. The second-order valence-corrected chi connectivity index (χ2v) is 3.17. The number of rotatable bonds is 3. The van der Waals surface area contributed by atoms with Gasteiger partial charge in [0.1, 0.15) is 5.75 Å². The number of ether oxygens (including phenoxy) is 1. The second-order valence-electron chi connectivity index (χ2n) is 3.17. The van der Waals surface area contributed by atoms with Gasteiger partial charge >= 0.3 is 11.9 Å². The fraction of sp³-hybridized carbons (Fsp3) is 0. The molecule has 0 amide bonds. The highest BCUT2D eigenvalue weighted by Gasteiger charge is 2.12. The predicted molar refractivity (Wildman–Crippen MR) is 58.2 cm³/mol. The molecule has 0 aliphatic heterocycles. The number of carboxylic acids is 1. The lowest BCUT2D eigenvalue weighted by molar-refractivity contribution is 0.0682. The third-order valence-corrected chi connectivity index (χ3v) is 1.93. The number of carboxylic acid groups (broad SMARTS) is 1. The zero-order valence-corrected chi connectivity index (χ0v) is 8.98. The summed E-state index contributed by atoms with van der Waals surface area (Å²) in [5, 5.41) is 8.62. The molecule has 0 aromatic carbocycles. The van der Waals surface area contributed by atoms with Gasteiger partial charge in [0.05, 0.1) is 18.6 Å². The number of hydrogen-bond donors (Lipinski definition) is 1. The van der Waals surface area contributed by atoms with Crippen LogP contribution < -0.4 is 4.74 Å². The van der Waals surface area contributed by atoms with Gasteiger partial charge in [-0.15, -0.1) is 0 Å². The van der Waals surface area contributed by atoms with E-state index in [2.05, 4.69) is 15.0 Å². The van der Waals surface area contributed by atoms with Crippen molar-refractivity contribution in [1.29, 1.82) is 0 Å². The number of hydrogen-bond acceptors (Lipinski definition) is 6. The minimum absolute atomic E-state index is 0.0798. The fourth-order valence-corrected chi connectivity index (χ4v) is 1.11. The van der Waals surface area contributed by atoms with E-state index in [-0.39, 0.29) is 17.1 Å². The first-order valence-corrected chi connectivity index (χ1v) is 4.84. The van der Waals surface area contributed by atoms with Gasteiger partial charge < -0.3 is 9.84 Å². The quantitative estimate of drug-likeness (QED) is 0.797. The predicted octanol–water partition coefficient (Wildman–Crippen LogP) is 0.789. The fourth-order valence-electron chi connectivity index (χ4n) is 1.11. The Morgan fingerprint density at radius 3 is 2.39 bits per heavy atom.